The van der Waals surface area contributed by atoms with Gasteiger partial charge >= 0.3 is 0 Å². The average Bonchev–Trinajstić information content (AvgIpc) is 3.08. The van der Waals surface area contributed by atoms with Crippen LogP contribution in [0.5, 0.6) is 0 Å². The maximum absolute atomic E-state index is 13.1. The Morgan fingerprint density at radius 3 is 2.68 bits per heavy atom. The smallest absolute Gasteiger partial charge is 0.237 e. The Morgan fingerprint density at radius 2 is 2.00 bits per heavy atom. The summed E-state index contributed by atoms with van der Waals surface area (Å²) >= 11 is 3.12. The minimum atomic E-state index is -0.559. The fraction of sp³-hybridized carbons (Fsp3) is 0.500. The Morgan fingerprint density at radius 1 is 1.28 bits per heavy atom. The largest absolute Gasteiger partial charge is 0.381 e. The lowest BCUT2D eigenvalue weighted by atomic mass is 9.73. The standard InChI is InChI=1S/C18H23N3O2S2/c1-13(2)12-24-17-21-20-16(25-17)19-15(22)18(8-10-23-11-9-18)14-6-4-3-5-7-14/h3-7,13H,8-12H2,1-2H3,(H,19,20,22). The third-order valence-corrected chi connectivity index (χ3v) is 6.67. The number of aromatic nitrogens is 2. The van der Waals surface area contributed by atoms with Crippen molar-refractivity contribution in [1.29, 1.82) is 0 Å². The SMILES string of the molecule is CC(C)CSc1nnc(NC(=O)C2(c3ccccc3)CCOCC2)s1. The first-order valence-corrected chi connectivity index (χ1v) is 10.3. The minimum Gasteiger partial charge on any atom is -0.381 e. The fourth-order valence-corrected chi connectivity index (χ4v) is 4.62. The second-order valence-electron chi connectivity index (χ2n) is 6.59. The van der Waals surface area contributed by atoms with Crippen LogP contribution in [0.4, 0.5) is 5.13 Å². The van der Waals surface area contributed by atoms with Crippen LogP contribution in [0.15, 0.2) is 34.7 Å². The van der Waals surface area contributed by atoms with Crippen molar-refractivity contribution in [3.05, 3.63) is 35.9 Å². The highest BCUT2D eigenvalue weighted by atomic mass is 32.2. The van der Waals surface area contributed by atoms with Gasteiger partial charge < -0.3 is 4.74 Å². The van der Waals surface area contributed by atoms with Gasteiger partial charge in [0.05, 0.1) is 5.41 Å². The predicted molar refractivity (Wildman–Crippen MR) is 102 cm³/mol. The zero-order chi connectivity index (χ0) is 17.7. The first kappa shape index (κ1) is 18.4. The topological polar surface area (TPSA) is 64.1 Å². The molecule has 7 heteroatoms. The second kappa shape index (κ2) is 8.29. The van der Waals surface area contributed by atoms with Crippen molar-refractivity contribution < 1.29 is 9.53 Å². The van der Waals surface area contributed by atoms with E-state index in [1.165, 1.54) is 11.3 Å². The van der Waals surface area contributed by atoms with Gasteiger partial charge in [-0.2, -0.15) is 0 Å². The molecule has 2 heterocycles. The van der Waals surface area contributed by atoms with Crippen LogP contribution in [0.2, 0.25) is 0 Å². The molecule has 0 saturated carbocycles. The van der Waals surface area contributed by atoms with Crippen LogP contribution in [0.25, 0.3) is 0 Å². The number of carbonyl (C=O) groups excluding carboxylic acids is 1. The molecule has 0 unspecified atom stereocenters. The third kappa shape index (κ3) is 4.40. The summed E-state index contributed by atoms with van der Waals surface area (Å²) in [6, 6.07) is 9.97. The van der Waals surface area contributed by atoms with Crippen molar-refractivity contribution >= 4 is 34.1 Å². The molecule has 1 N–H and O–H groups in total. The minimum absolute atomic E-state index is 0.0152. The van der Waals surface area contributed by atoms with Gasteiger partial charge in [0, 0.05) is 19.0 Å². The Kier molecular flexibility index (Phi) is 6.09. The zero-order valence-corrected chi connectivity index (χ0v) is 16.2. The molecule has 0 bridgehead atoms. The van der Waals surface area contributed by atoms with E-state index in [4.69, 9.17) is 4.74 Å². The Hall–Kier alpha value is -1.44. The molecule has 0 spiro atoms. The number of rotatable bonds is 6. The summed E-state index contributed by atoms with van der Waals surface area (Å²) in [6.07, 6.45) is 1.35. The van der Waals surface area contributed by atoms with E-state index in [1.54, 1.807) is 11.8 Å². The summed E-state index contributed by atoms with van der Waals surface area (Å²) in [5, 5.41) is 11.9. The number of amides is 1. The van der Waals surface area contributed by atoms with Crippen molar-refractivity contribution in [2.24, 2.45) is 5.92 Å². The van der Waals surface area contributed by atoms with Crippen LogP contribution in [0.3, 0.4) is 0 Å². The molecule has 1 aromatic carbocycles. The lowest BCUT2D eigenvalue weighted by molar-refractivity contribution is -0.125. The summed E-state index contributed by atoms with van der Waals surface area (Å²) < 4.78 is 6.39. The number of nitrogens with zero attached hydrogens (tertiary/aromatic N) is 2. The van der Waals surface area contributed by atoms with E-state index in [-0.39, 0.29) is 5.91 Å². The van der Waals surface area contributed by atoms with Gasteiger partial charge in [0.2, 0.25) is 11.0 Å². The molecule has 5 nitrogen and oxygen atoms in total. The molecule has 1 aromatic heterocycles. The molecule has 1 amide bonds. The summed E-state index contributed by atoms with van der Waals surface area (Å²) in [7, 11) is 0. The van der Waals surface area contributed by atoms with Gasteiger partial charge in [-0.3, -0.25) is 10.1 Å². The van der Waals surface area contributed by atoms with Gasteiger partial charge in [0.15, 0.2) is 4.34 Å². The van der Waals surface area contributed by atoms with Gasteiger partial charge in [-0.05, 0) is 24.3 Å². The Bertz CT molecular complexity index is 697. The van der Waals surface area contributed by atoms with Crippen LogP contribution in [0, 0.1) is 5.92 Å². The molecule has 0 aliphatic carbocycles. The van der Waals surface area contributed by atoms with Crippen molar-refractivity contribution in [2.45, 2.75) is 36.4 Å². The molecule has 25 heavy (non-hydrogen) atoms. The molecule has 0 radical (unpaired) electrons. The van der Waals surface area contributed by atoms with E-state index in [0.29, 0.717) is 37.1 Å². The van der Waals surface area contributed by atoms with Gasteiger partial charge in [-0.1, -0.05) is 67.3 Å². The quantitative estimate of drug-likeness (QED) is 0.609. The van der Waals surface area contributed by atoms with Crippen molar-refractivity contribution in [3.63, 3.8) is 0 Å². The number of nitrogens with one attached hydrogen (secondary N) is 1. The van der Waals surface area contributed by atoms with E-state index in [0.717, 1.165) is 15.7 Å². The number of anilines is 1. The third-order valence-electron chi connectivity index (χ3n) is 4.27. The average molecular weight is 378 g/mol. The number of benzene rings is 1. The molecule has 1 aliphatic rings. The summed E-state index contributed by atoms with van der Waals surface area (Å²) in [4.78, 5) is 13.1. The second-order valence-corrected chi connectivity index (χ2v) is 8.84. The van der Waals surface area contributed by atoms with E-state index < -0.39 is 5.41 Å². The maximum Gasteiger partial charge on any atom is 0.237 e. The molecule has 1 aliphatic heterocycles. The van der Waals surface area contributed by atoms with Crippen LogP contribution in [-0.2, 0) is 14.9 Å². The summed E-state index contributed by atoms with van der Waals surface area (Å²) in [5.41, 5.74) is 0.478. The monoisotopic (exact) mass is 377 g/mol. The molecule has 1 saturated heterocycles. The van der Waals surface area contributed by atoms with Crippen LogP contribution in [0.1, 0.15) is 32.3 Å². The lowest BCUT2D eigenvalue weighted by Gasteiger charge is -2.35. The normalized spacial score (nSPS) is 16.8. The number of carbonyl (C=O) groups is 1. The first-order valence-electron chi connectivity index (χ1n) is 8.51. The van der Waals surface area contributed by atoms with Crippen LogP contribution in [-0.4, -0.2) is 35.1 Å². The maximum atomic E-state index is 13.1. The highest BCUT2D eigenvalue weighted by Gasteiger charge is 2.42. The summed E-state index contributed by atoms with van der Waals surface area (Å²) in [6.45, 7) is 5.53. The highest BCUT2D eigenvalue weighted by Crippen LogP contribution is 2.37. The molecule has 1 fully saturated rings. The highest BCUT2D eigenvalue weighted by molar-refractivity contribution is 8.01. The predicted octanol–water partition coefficient (Wildman–Crippen LogP) is 3.97. The summed E-state index contributed by atoms with van der Waals surface area (Å²) in [5.74, 6) is 1.57. The van der Waals surface area contributed by atoms with Crippen molar-refractivity contribution in [3.8, 4) is 0 Å². The van der Waals surface area contributed by atoms with E-state index in [9.17, 15) is 4.79 Å². The fourth-order valence-electron chi connectivity index (χ4n) is 2.90. The van der Waals surface area contributed by atoms with Crippen molar-refractivity contribution in [1.82, 2.24) is 10.2 Å². The van der Waals surface area contributed by atoms with Gasteiger partial charge in [-0.15, -0.1) is 10.2 Å². The molecular formula is C18H23N3O2S2. The number of hydrogen-bond acceptors (Lipinski definition) is 6. The molecule has 3 rings (SSSR count). The Labute approximate surface area is 156 Å². The van der Waals surface area contributed by atoms with Gasteiger partial charge in [0.1, 0.15) is 0 Å². The number of thioether (sulfide) groups is 1. The molecule has 0 atom stereocenters. The molecule has 2 aromatic rings. The molecular weight excluding hydrogens is 354 g/mol. The van der Waals surface area contributed by atoms with E-state index >= 15 is 0 Å². The lowest BCUT2D eigenvalue weighted by Crippen LogP contribution is -2.44. The number of ether oxygens (including phenoxy) is 1. The van der Waals surface area contributed by atoms with Gasteiger partial charge in [-0.25, -0.2) is 0 Å². The van der Waals surface area contributed by atoms with E-state index in [2.05, 4.69) is 29.4 Å². The van der Waals surface area contributed by atoms with Crippen LogP contribution >= 0.6 is 23.1 Å². The van der Waals surface area contributed by atoms with Gasteiger partial charge in [0.25, 0.3) is 0 Å². The van der Waals surface area contributed by atoms with Crippen molar-refractivity contribution in [2.75, 3.05) is 24.3 Å². The Balaban J connectivity index is 1.75. The van der Waals surface area contributed by atoms with Crippen LogP contribution < -0.4 is 5.32 Å². The molecule has 134 valence electrons. The van der Waals surface area contributed by atoms with E-state index in [1.807, 2.05) is 30.3 Å². The zero-order valence-electron chi connectivity index (χ0n) is 14.5. The number of hydrogen-bond donors (Lipinski definition) is 1. The first-order chi connectivity index (χ1) is 12.1.